The van der Waals surface area contributed by atoms with Crippen molar-refractivity contribution in [1.29, 1.82) is 5.41 Å². The lowest BCUT2D eigenvalue weighted by molar-refractivity contribution is 0.0697. The number of benzene rings is 2. The number of nitrogens with one attached hydrogen (secondary N) is 2. The standard InChI is InChI=1S/C18H14N4O3/c19-16-15(17-20-12-3-1-2-4-13(12)21-17)14(23)9-22(16)11-7-5-10(6-8-11)18(24)25/h1-8,19,23H,9H2,(H,20,21)(H,24,25). The first-order valence-electron chi connectivity index (χ1n) is 7.61. The first-order chi connectivity index (χ1) is 12.0. The van der Waals surface area contributed by atoms with Crippen molar-refractivity contribution in [2.24, 2.45) is 0 Å². The minimum absolute atomic E-state index is 0.0476. The molecule has 0 aliphatic carbocycles. The van der Waals surface area contributed by atoms with Crippen molar-refractivity contribution in [2.75, 3.05) is 11.4 Å². The van der Waals surface area contributed by atoms with E-state index in [-0.39, 0.29) is 23.7 Å². The molecule has 0 radical (unpaired) electrons. The van der Waals surface area contributed by atoms with Gasteiger partial charge in [-0.1, -0.05) is 12.1 Å². The third-order valence-electron chi connectivity index (χ3n) is 4.16. The van der Waals surface area contributed by atoms with Crippen LogP contribution in [0.2, 0.25) is 0 Å². The number of aliphatic hydroxyl groups excluding tert-OH is 1. The van der Waals surface area contributed by atoms with Gasteiger partial charge in [-0.05, 0) is 36.4 Å². The number of anilines is 1. The molecule has 1 aliphatic heterocycles. The molecule has 1 aromatic heterocycles. The largest absolute Gasteiger partial charge is 0.509 e. The number of aromatic amines is 1. The molecular formula is C18H14N4O3. The number of carboxylic acid groups (broad SMARTS) is 1. The topological polar surface area (TPSA) is 113 Å². The number of carboxylic acids is 1. The van der Waals surface area contributed by atoms with Crippen LogP contribution in [0, 0.1) is 5.41 Å². The molecule has 4 rings (SSSR count). The van der Waals surface area contributed by atoms with Gasteiger partial charge in [-0.2, -0.15) is 0 Å². The SMILES string of the molecule is N=C1C(c2nc3ccccc3[nH]2)=C(O)CN1c1ccc(C(=O)O)cc1. The van der Waals surface area contributed by atoms with Gasteiger partial charge in [-0.25, -0.2) is 9.78 Å². The minimum atomic E-state index is -1.01. The number of aliphatic hydroxyl groups is 1. The molecule has 4 N–H and O–H groups in total. The first kappa shape index (κ1) is 14.9. The predicted molar refractivity (Wildman–Crippen MR) is 94.1 cm³/mol. The molecule has 7 nitrogen and oxygen atoms in total. The van der Waals surface area contributed by atoms with Gasteiger partial charge in [0.15, 0.2) is 0 Å². The number of carbonyl (C=O) groups is 1. The number of para-hydroxylation sites is 2. The number of hydrogen-bond donors (Lipinski definition) is 4. The summed E-state index contributed by atoms with van der Waals surface area (Å²) in [5.41, 5.74) is 2.74. The van der Waals surface area contributed by atoms with Crippen LogP contribution in [0.5, 0.6) is 0 Å². The summed E-state index contributed by atoms with van der Waals surface area (Å²) >= 11 is 0. The molecular weight excluding hydrogens is 320 g/mol. The molecule has 0 unspecified atom stereocenters. The molecule has 25 heavy (non-hydrogen) atoms. The van der Waals surface area contributed by atoms with Crippen LogP contribution < -0.4 is 4.90 Å². The summed E-state index contributed by atoms with van der Waals surface area (Å²) < 4.78 is 0. The number of amidine groups is 1. The average Bonchev–Trinajstić information content (AvgIpc) is 3.15. The zero-order valence-corrected chi connectivity index (χ0v) is 13.0. The zero-order chi connectivity index (χ0) is 17.6. The summed E-state index contributed by atoms with van der Waals surface area (Å²) in [6.07, 6.45) is 0. The fourth-order valence-electron chi connectivity index (χ4n) is 2.90. The highest BCUT2D eigenvalue weighted by atomic mass is 16.4. The van der Waals surface area contributed by atoms with Crippen LogP contribution in [-0.2, 0) is 0 Å². The molecule has 0 saturated heterocycles. The maximum Gasteiger partial charge on any atom is 0.335 e. The van der Waals surface area contributed by atoms with Gasteiger partial charge in [0.1, 0.15) is 17.4 Å². The number of rotatable bonds is 3. The van der Waals surface area contributed by atoms with Crippen LogP contribution in [0.3, 0.4) is 0 Å². The molecule has 3 aromatic rings. The van der Waals surface area contributed by atoms with E-state index in [9.17, 15) is 9.90 Å². The Morgan fingerprint density at radius 2 is 1.88 bits per heavy atom. The van der Waals surface area contributed by atoms with Crippen molar-refractivity contribution in [2.45, 2.75) is 0 Å². The van der Waals surface area contributed by atoms with Crippen molar-refractivity contribution in [3.05, 3.63) is 65.7 Å². The molecule has 0 fully saturated rings. The van der Waals surface area contributed by atoms with Gasteiger partial charge in [-0.15, -0.1) is 0 Å². The van der Waals surface area contributed by atoms with E-state index in [0.29, 0.717) is 17.1 Å². The molecule has 7 heteroatoms. The number of nitrogens with zero attached hydrogens (tertiary/aromatic N) is 2. The first-order valence-corrected chi connectivity index (χ1v) is 7.61. The van der Waals surface area contributed by atoms with Crippen molar-refractivity contribution < 1.29 is 15.0 Å². The van der Waals surface area contributed by atoms with Crippen LogP contribution in [0.4, 0.5) is 5.69 Å². The van der Waals surface area contributed by atoms with Crippen LogP contribution in [-0.4, -0.2) is 38.5 Å². The summed E-state index contributed by atoms with van der Waals surface area (Å²) in [4.78, 5) is 20.1. The highest BCUT2D eigenvalue weighted by Crippen LogP contribution is 2.30. The smallest absolute Gasteiger partial charge is 0.335 e. The van der Waals surface area contributed by atoms with Crippen LogP contribution in [0.25, 0.3) is 16.6 Å². The van der Waals surface area contributed by atoms with Crippen molar-refractivity contribution in [1.82, 2.24) is 9.97 Å². The molecule has 0 saturated carbocycles. The summed E-state index contributed by atoms with van der Waals surface area (Å²) in [5.74, 6) is -0.411. The Balaban J connectivity index is 1.68. The maximum atomic E-state index is 11.0. The minimum Gasteiger partial charge on any atom is -0.509 e. The van der Waals surface area contributed by atoms with Gasteiger partial charge < -0.3 is 20.1 Å². The number of fused-ring (bicyclic) bond motifs is 1. The lowest BCUT2D eigenvalue weighted by atomic mass is 10.2. The summed E-state index contributed by atoms with van der Waals surface area (Å²) in [5, 5.41) is 27.7. The van der Waals surface area contributed by atoms with E-state index >= 15 is 0 Å². The van der Waals surface area contributed by atoms with E-state index in [2.05, 4.69) is 9.97 Å². The van der Waals surface area contributed by atoms with E-state index in [4.69, 9.17) is 10.5 Å². The second kappa shape index (κ2) is 5.48. The normalized spacial score (nSPS) is 14.6. The molecule has 0 atom stereocenters. The van der Waals surface area contributed by atoms with Crippen molar-refractivity contribution >= 4 is 34.1 Å². The van der Waals surface area contributed by atoms with Crippen LogP contribution in [0.15, 0.2) is 54.3 Å². The molecule has 0 bridgehead atoms. The number of aromatic carboxylic acids is 1. The average molecular weight is 334 g/mol. The summed E-state index contributed by atoms with van der Waals surface area (Å²) in [6.45, 7) is 0.137. The Hall–Kier alpha value is -3.61. The number of aromatic nitrogens is 2. The number of H-pyrrole nitrogens is 1. The van der Waals surface area contributed by atoms with Gasteiger partial charge in [0, 0.05) is 5.69 Å². The summed E-state index contributed by atoms with van der Waals surface area (Å²) in [7, 11) is 0. The summed E-state index contributed by atoms with van der Waals surface area (Å²) in [6, 6.07) is 13.7. The second-order valence-electron chi connectivity index (χ2n) is 5.71. The third kappa shape index (κ3) is 2.42. The highest BCUT2D eigenvalue weighted by molar-refractivity contribution is 6.30. The Morgan fingerprint density at radius 3 is 2.56 bits per heavy atom. The molecule has 2 aromatic carbocycles. The van der Waals surface area contributed by atoms with E-state index in [1.807, 2.05) is 24.3 Å². The fraction of sp³-hybridized carbons (Fsp3) is 0.0556. The van der Waals surface area contributed by atoms with Crippen LogP contribution in [0.1, 0.15) is 16.2 Å². The van der Waals surface area contributed by atoms with Gasteiger partial charge in [0.2, 0.25) is 0 Å². The van der Waals surface area contributed by atoms with Crippen molar-refractivity contribution in [3.63, 3.8) is 0 Å². The van der Waals surface area contributed by atoms with Crippen LogP contribution >= 0.6 is 0 Å². The Kier molecular flexibility index (Phi) is 3.28. The number of hydrogen-bond acceptors (Lipinski definition) is 4. The molecule has 2 heterocycles. The third-order valence-corrected chi connectivity index (χ3v) is 4.16. The Morgan fingerprint density at radius 1 is 1.16 bits per heavy atom. The van der Waals surface area contributed by atoms with Gasteiger partial charge in [-0.3, -0.25) is 5.41 Å². The van der Waals surface area contributed by atoms with Gasteiger partial charge in [0.25, 0.3) is 0 Å². The van der Waals surface area contributed by atoms with Gasteiger partial charge >= 0.3 is 5.97 Å². The second-order valence-corrected chi connectivity index (χ2v) is 5.71. The van der Waals surface area contributed by atoms with E-state index < -0.39 is 5.97 Å². The molecule has 1 aliphatic rings. The quantitative estimate of drug-likeness (QED) is 0.588. The lowest BCUT2D eigenvalue weighted by Crippen LogP contribution is -2.26. The molecule has 124 valence electrons. The monoisotopic (exact) mass is 334 g/mol. The maximum absolute atomic E-state index is 11.0. The zero-order valence-electron chi connectivity index (χ0n) is 13.0. The number of imidazole rings is 1. The van der Waals surface area contributed by atoms with E-state index in [1.165, 1.54) is 12.1 Å². The highest BCUT2D eigenvalue weighted by Gasteiger charge is 2.31. The molecule has 0 amide bonds. The van der Waals surface area contributed by atoms with Crippen molar-refractivity contribution in [3.8, 4) is 0 Å². The lowest BCUT2D eigenvalue weighted by Gasteiger charge is -2.18. The Labute approximate surface area is 142 Å². The Bertz CT molecular complexity index is 1000. The van der Waals surface area contributed by atoms with E-state index in [1.54, 1.807) is 17.0 Å². The predicted octanol–water partition coefficient (Wildman–Crippen LogP) is 3.03. The van der Waals surface area contributed by atoms with Gasteiger partial charge in [0.05, 0.1) is 28.7 Å². The fourth-order valence-corrected chi connectivity index (χ4v) is 2.90. The van der Waals surface area contributed by atoms with E-state index in [0.717, 1.165) is 11.0 Å². The molecule has 0 spiro atoms.